The van der Waals surface area contributed by atoms with Crippen LogP contribution in [0.15, 0.2) is 35.0 Å². The van der Waals surface area contributed by atoms with Crippen LogP contribution < -0.4 is 15.3 Å². The van der Waals surface area contributed by atoms with Crippen molar-refractivity contribution in [3.05, 3.63) is 35.5 Å². The van der Waals surface area contributed by atoms with Crippen LogP contribution in [-0.4, -0.2) is 35.9 Å². The van der Waals surface area contributed by atoms with Crippen LogP contribution in [0.2, 0.25) is 0 Å². The minimum atomic E-state index is -0.533. The van der Waals surface area contributed by atoms with Gasteiger partial charge in [0.1, 0.15) is 5.60 Å². The Morgan fingerprint density at radius 2 is 1.81 bits per heavy atom. The number of benzene rings is 1. The molecule has 0 spiro atoms. The fourth-order valence-electron chi connectivity index (χ4n) is 6.33. The van der Waals surface area contributed by atoms with Crippen molar-refractivity contribution in [2.45, 2.75) is 70.4 Å². The van der Waals surface area contributed by atoms with Gasteiger partial charge in [0, 0.05) is 11.7 Å². The van der Waals surface area contributed by atoms with Crippen molar-refractivity contribution in [3.63, 3.8) is 0 Å². The van der Waals surface area contributed by atoms with Crippen LogP contribution in [0.5, 0.6) is 0 Å². The zero-order valence-corrected chi connectivity index (χ0v) is 19.2. The molecular weight excluding hydrogens is 400 g/mol. The van der Waals surface area contributed by atoms with Crippen LogP contribution in [0, 0.1) is 17.8 Å². The zero-order valence-electron chi connectivity index (χ0n) is 19.2. The quantitative estimate of drug-likeness (QED) is 0.527. The first-order valence-electron chi connectivity index (χ1n) is 11.8. The summed E-state index contributed by atoms with van der Waals surface area (Å²) in [6.07, 6.45) is 14.9. The number of hydrogen-bond acceptors (Lipinski definition) is 5. The van der Waals surface area contributed by atoms with Gasteiger partial charge in [0.25, 0.3) is 0 Å². The lowest BCUT2D eigenvalue weighted by Crippen LogP contribution is -2.54. The van der Waals surface area contributed by atoms with Crippen LogP contribution in [0.3, 0.4) is 0 Å². The van der Waals surface area contributed by atoms with Crippen LogP contribution in [-0.2, 0) is 4.74 Å². The molecule has 1 aliphatic heterocycles. The first-order valence-corrected chi connectivity index (χ1v) is 11.8. The molecule has 4 bridgehead atoms. The second kappa shape index (κ2) is 7.93. The Morgan fingerprint density at radius 3 is 2.41 bits per heavy atom. The number of hydrogen-bond donors (Lipinski definition) is 2. The first kappa shape index (κ1) is 21.0. The molecule has 0 atom stereocenters. The maximum Gasteiger partial charge on any atom is 0.377 e. The average molecular weight is 434 g/mol. The molecule has 1 heterocycles. The van der Waals surface area contributed by atoms with Crippen molar-refractivity contribution in [1.82, 2.24) is 4.67 Å². The fourth-order valence-corrected chi connectivity index (χ4v) is 6.33. The van der Waals surface area contributed by atoms with E-state index >= 15 is 0 Å². The summed E-state index contributed by atoms with van der Waals surface area (Å²) in [7, 11) is 0. The van der Waals surface area contributed by atoms with E-state index in [0.717, 1.165) is 34.7 Å². The highest BCUT2D eigenvalue weighted by Crippen LogP contribution is 2.56. The summed E-state index contributed by atoms with van der Waals surface area (Å²) in [6, 6.07) is 5.78. The summed E-state index contributed by atoms with van der Waals surface area (Å²) in [5.41, 5.74) is 2.95. The molecule has 0 radical (unpaired) electrons. The molecule has 4 saturated carbocycles. The number of aliphatic imine (C=N–C) groups is 1. The van der Waals surface area contributed by atoms with Gasteiger partial charge < -0.3 is 15.4 Å². The summed E-state index contributed by atoms with van der Waals surface area (Å²) >= 11 is 0. The molecular formula is C26H33N4O2+. The van der Waals surface area contributed by atoms with Crippen LogP contribution in [0.4, 0.5) is 11.4 Å². The molecule has 0 aromatic heterocycles. The lowest BCUT2D eigenvalue weighted by Gasteiger charge is -2.57. The van der Waals surface area contributed by atoms with Gasteiger partial charge in [-0.2, -0.15) is 0 Å². The van der Waals surface area contributed by atoms with E-state index in [-0.39, 0.29) is 11.5 Å². The molecule has 6 nitrogen and oxygen atoms in total. The van der Waals surface area contributed by atoms with Crippen molar-refractivity contribution in [3.8, 4) is 0 Å². The molecule has 6 rings (SSSR count). The summed E-state index contributed by atoms with van der Waals surface area (Å²) < 4.78 is 9.68. The smallest absolute Gasteiger partial charge is 0.377 e. The van der Waals surface area contributed by atoms with Gasteiger partial charge in [-0.15, -0.1) is 0 Å². The maximum atomic E-state index is 12.7. The summed E-state index contributed by atoms with van der Waals surface area (Å²) in [5.74, 6) is 2.27. The Bertz CT molecular complexity index is 1010. The number of allylic oxidation sites excluding steroid dienone is 1. The Balaban J connectivity index is 1.43. The number of carbonyl (C=O) groups excluding carboxylic acids is 1. The normalized spacial score (nSPS) is 31.2. The number of carbonyl (C=O) groups is 1. The Hall–Kier alpha value is -2.85. The van der Waals surface area contributed by atoms with Gasteiger partial charge in [-0.1, -0.05) is 0 Å². The van der Waals surface area contributed by atoms with E-state index in [1.54, 1.807) is 12.4 Å². The van der Waals surface area contributed by atoms with E-state index in [4.69, 9.17) is 4.74 Å². The number of nitrogens with zero attached hydrogens (tertiary/aromatic N) is 2. The predicted octanol–water partition coefficient (Wildman–Crippen LogP) is 4.57. The average Bonchev–Trinajstić information content (AvgIpc) is 2.71. The summed E-state index contributed by atoms with van der Waals surface area (Å²) in [6.45, 7) is 5.66. The third kappa shape index (κ3) is 4.51. The molecule has 0 unspecified atom stereocenters. The van der Waals surface area contributed by atoms with E-state index in [1.807, 2.05) is 45.2 Å². The lowest BCUT2D eigenvalue weighted by molar-refractivity contribution is 0.00695. The molecule has 4 fully saturated rings. The molecule has 1 aromatic rings. The fraction of sp³-hybridized carbons (Fsp3) is 0.538. The Kier molecular flexibility index (Phi) is 5.21. The monoisotopic (exact) mass is 433 g/mol. The van der Waals surface area contributed by atoms with Gasteiger partial charge in [-0.3, -0.25) is 0 Å². The topological polar surface area (TPSA) is 76.8 Å². The van der Waals surface area contributed by atoms with Crippen LogP contribution in [0.25, 0.3) is 0 Å². The second-order valence-corrected chi connectivity index (χ2v) is 11.0. The highest BCUT2D eigenvalue weighted by atomic mass is 16.6. The molecule has 4 aliphatic carbocycles. The van der Waals surface area contributed by atoms with Gasteiger partial charge in [-0.05, 0) is 100 Å². The summed E-state index contributed by atoms with van der Waals surface area (Å²) in [4.78, 5) is 16.8. The van der Waals surface area contributed by atoms with E-state index in [1.165, 1.54) is 44.9 Å². The van der Waals surface area contributed by atoms with E-state index in [2.05, 4.69) is 20.3 Å². The van der Waals surface area contributed by atoms with Crippen LogP contribution >= 0.6 is 0 Å². The van der Waals surface area contributed by atoms with Crippen molar-refractivity contribution in [2.75, 3.05) is 10.6 Å². The number of anilines is 2. The third-order valence-electron chi connectivity index (χ3n) is 7.07. The SMILES string of the molecule is CC(C)(C)OC(=O)c1ccc(NC23CC4CC(CC(C4)C2)C3)c(NC=C2C=NC=[N+]=C2)c1. The molecule has 168 valence electrons. The standard InChI is InChI=1S/C26H32N4O2/c1-25(2,3)32-24(31)21-4-5-22(23(9-21)29-15-20-13-27-16-28-14-20)30-26-10-17-6-18(11-26)8-19(7-17)12-26/h4-5,9,13-19H,6-8,10-12H2,1-3H3,(H,30,31)/p+1. The van der Waals surface area contributed by atoms with Gasteiger partial charge in [0.05, 0.1) is 22.5 Å². The first-order chi connectivity index (χ1) is 15.3. The number of nitrogens with one attached hydrogen (secondary N) is 2. The van der Waals surface area contributed by atoms with Crippen molar-refractivity contribution >= 4 is 36.1 Å². The number of esters is 1. The van der Waals surface area contributed by atoms with Crippen molar-refractivity contribution < 1.29 is 9.53 Å². The number of rotatable bonds is 5. The van der Waals surface area contributed by atoms with Crippen molar-refractivity contribution in [1.29, 1.82) is 0 Å². The largest absolute Gasteiger partial charge is 0.456 e. The minimum Gasteiger partial charge on any atom is -0.456 e. The van der Waals surface area contributed by atoms with Crippen molar-refractivity contribution in [2.24, 2.45) is 22.7 Å². The molecule has 2 N–H and O–H groups in total. The molecule has 6 heteroatoms. The van der Waals surface area contributed by atoms with E-state index < -0.39 is 5.60 Å². The molecule has 5 aliphatic rings. The van der Waals surface area contributed by atoms with Crippen LogP contribution in [0.1, 0.15) is 69.7 Å². The second-order valence-electron chi connectivity index (χ2n) is 11.0. The highest BCUT2D eigenvalue weighted by Gasteiger charge is 2.51. The summed E-state index contributed by atoms with van der Waals surface area (Å²) in [5, 5.41) is 7.33. The van der Waals surface area contributed by atoms with E-state index in [9.17, 15) is 4.79 Å². The molecule has 0 saturated heterocycles. The maximum absolute atomic E-state index is 12.7. The predicted molar refractivity (Wildman–Crippen MR) is 131 cm³/mol. The number of ether oxygens (including phenoxy) is 1. The lowest BCUT2D eigenvalue weighted by atomic mass is 9.53. The van der Waals surface area contributed by atoms with Gasteiger partial charge >= 0.3 is 12.3 Å². The Morgan fingerprint density at radius 1 is 1.12 bits per heavy atom. The molecule has 32 heavy (non-hydrogen) atoms. The van der Waals surface area contributed by atoms with Gasteiger partial charge in [0.15, 0.2) is 6.21 Å². The highest BCUT2D eigenvalue weighted by molar-refractivity contribution is 6.08. The molecule has 1 aromatic carbocycles. The van der Waals surface area contributed by atoms with E-state index in [0.29, 0.717) is 5.56 Å². The van der Waals surface area contributed by atoms with Gasteiger partial charge in [0.2, 0.25) is 6.21 Å². The zero-order chi connectivity index (χ0) is 22.3. The minimum absolute atomic E-state index is 0.175. The Labute approximate surface area is 190 Å². The third-order valence-corrected chi connectivity index (χ3v) is 7.07. The molecule has 0 amide bonds. The van der Waals surface area contributed by atoms with Gasteiger partial charge in [-0.25, -0.2) is 9.46 Å².